The molecule has 38 heavy (non-hydrogen) atoms. The van der Waals surface area contributed by atoms with Gasteiger partial charge in [-0.2, -0.15) is 0 Å². The van der Waals surface area contributed by atoms with Gasteiger partial charge in [0.05, 0.1) is 5.58 Å². The molecule has 3 heterocycles. The van der Waals surface area contributed by atoms with Gasteiger partial charge in [0.15, 0.2) is 0 Å². The van der Waals surface area contributed by atoms with Gasteiger partial charge < -0.3 is 9.40 Å². The van der Waals surface area contributed by atoms with Crippen molar-refractivity contribution in [2.24, 2.45) is 0 Å². The molecule has 0 unspecified atom stereocenters. The number of benzene rings is 4. The number of para-hydroxylation sites is 1. The molecular weight excluding hydrogens is 649 g/mol. The molecule has 0 fully saturated rings. The Bertz CT molecular complexity index is 1630. The van der Waals surface area contributed by atoms with Crippen LogP contribution < -0.4 is 0 Å². The van der Waals surface area contributed by atoms with Crippen molar-refractivity contribution >= 4 is 21.9 Å². The maximum absolute atomic E-state index is 6.33. The third kappa shape index (κ3) is 5.14. The molecule has 1 radical (unpaired) electrons. The smallest absolute Gasteiger partial charge is 0.128 e. The second kappa shape index (κ2) is 11.7. The van der Waals surface area contributed by atoms with Crippen LogP contribution in [-0.2, 0) is 20.1 Å². The Kier molecular flexibility index (Phi) is 7.74. The minimum Gasteiger partial charge on any atom is -0.500 e. The first-order valence-corrected chi connectivity index (χ1v) is 11.8. The standard InChI is InChI=1S/C22H13N2O.C10H7N2.Ir/c1-2-6-15(7-3-1)16-8-4-9-17-18-10-5-11-19(22(18)25-21(16)17)20-12-13-23-14-24-20;1-2-4-9(5-3-1)10-8-11-6-7-12-10;/h1-10,12-14H;1-4,6-8H;/q2*-1;. The van der Waals surface area contributed by atoms with Crippen molar-refractivity contribution in [1.82, 2.24) is 19.9 Å². The predicted octanol–water partition coefficient (Wildman–Crippen LogP) is 7.45. The minimum atomic E-state index is 0. The van der Waals surface area contributed by atoms with Gasteiger partial charge in [-0.15, -0.1) is 54.1 Å². The first-order chi connectivity index (χ1) is 18.4. The Balaban J connectivity index is 0.000000191. The van der Waals surface area contributed by atoms with Crippen LogP contribution in [0.2, 0.25) is 0 Å². The summed E-state index contributed by atoms with van der Waals surface area (Å²) in [5, 5.41) is 2.17. The zero-order valence-electron chi connectivity index (χ0n) is 20.1. The van der Waals surface area contributed by atoms with Crippen LogP contribution in [0.1, 0.15) is 0 Å². The van der Waals surface area contributed by atoms with Crippen molar-refractivity contribution in [3.8, 4) is 33.6 Å². The van der Waals surface area contributed by atoms with Crippen molar-refractivity contribution < 1.29 is 24.5 Å². The van der Waals surface area contributed by atoms with Crippen molar-refractivity contribution in [3.63, 3.8) is 0 Å². The molecule has 7 rings (SSSR count). The molecule has 185 valence electrons. The number of nitrogens with zero attached hydrogens (tertiary/aromatic N) is 4. The van der Waals surface area contributed by atoms with Crippen LogP contribution in [0.3, 0.4) is 0 Å². The minimum absolute atomic E-state index is 0. The molecule has 0 bridgehead atoms. The van der Waals surface area contributed by atoms with Gasteiger partial charge in [0.25, 0.3) is 0 Å². The van der Waals surface area contributed by atoms with E-state index in [0.717, 1.165) is 55.6 Å². The van der Waals surface area contributed by atoms with E-state index in [1.54, 1.807) is 31.1 Å². The first kappa shape index (κ1) is 25.2. The largest absolute Gasteiger partial charge is 0.500 e. The number of hydrogen-bond acceptors (Lipinski definition) is 5. The maximum Gasteiger partial charge on any atom is 0.128 e. The van der Waals surface area contributed by atoms with Crippen molar-refractivity contribution in [2.45, 2.75) is 0 Å². The molecule has 0 aliphatic heterocycles. The average Bonchev–Trinajstić information content (AvgIpc) is 3.38. The van der Waals surface area contributed by atoms with Crippen LogP contribution in [0.5, 0.6) is 0 Å². The summed E-state index contributed by atoms with van der Waals surface area (Å²) >= 11 is 0. The molecule has 6 heteroatoms. The average molecular weight is 669 g/mol. The van der Waals surface area contributed by atoms with E-state index in [4.69, 9.17) is 4.42 Å². The van der Waals surface area contributed by atoms with E-state index in [0.29, 0.717) is 0 Å². The van der Waals surface area contributed by atoms with Gasteiger partial charge in [0.2, 0.25) is 0 Å². The summed E-state index contributed by atoms with van der Waals surface area (Å²) in [4.78, 5) is 16.5. The topological polar surface area (TPSA) is 64.7 Å². The van der Waals surface area contributed by atoms with Gasteiger partial charge in [-0.3, -0.25) is 9.97 Å². The Labute approximate surface area is 233 Å². The molecule has 0 spiro atoms. The van der Waals surface area contributed by atoms with Crippen LogP contribution in [0.4, 0.5) is 0 Å². The molecule has 5 nitrogen and oxygen atoms in total. The van der Waals surface area contributed by atoms with Crippen LogP contribution in [0.25, 0.3) is 55.6 Å². The molecule has 0 N–H and O–H groups in total. The quantitative estimate of drug-likeness (QED) is 0.183. The van der Waals surface area contributed by atoms with Crippen LogP contribution in [0, 0.1) is 12.1 Å². The van der Waals surface area contributed by atoms with Crippen LogP contribution in [-0.4, -0.2) is 19.9 Å². The zero-order chi connectivity index (χ0) is 24.9. The van der Waals surface area contributed by atoms with Crippen LogP contribution in [0.15, 0.2) is 127 Å². The molecule has 4 aromatic carbocycles. The fourth-order valence-corrected chi connectivity index (χ4v) is 4.23. The van der Waals surface area contributed by atoms with E-state index in [9.17, 15) is 0 Å². The van der Waals surface area contributed by atoms with Gasteiger partial charge >= 0.3 is 0 Å². The van der Waals surface area contributed by atoms with E-state index in [2.05, 4.69) is 62.4 Å². The van der Waals surface area contributed by atoms with Gasteiger partial charge in [-0.05, 0) is 11.3 Å². The third-order valence-corrected chi connectivity index (χ3v) is 5.93. The van der Waals surface area contributed by atoms with Crippen LogP contribution >= 0.6 is 0 Å². The van der Waals surface area contributed by atoms with E-state index < -0.39 is 0 Å². The Morgan fingerprint density at radius 2 is 1.47 bits per heavy atom. The monoisotopic (exact) mass is 669 g/mol. The molecular formula is C32H20IrN4O-2. The Morgan fingerprint density at radius 1 is 0.605 bits per heavy atom. The number of rotatable bonds is 3. The van der Waals surface area contributed by atoms with Crippen molar-refractivity contribution in [3.05, 3.63) is 134 Å². The second-order valence-electron chi connectivity index (χ2n) is 8.21. The summed E-state index contributed by atoms with van der Waals surface area (Å²) in [5.74, 6) is 0. The predicted molar refractivity (Wildman–Crippen MR) is 145 cm³/mol. The fraction of sp³-hybridized carbons (Fsp3) is 0. The Morgan fingerprint density at radius 3 is 2.24 bits per heavy atom. The van der Waals surface area contributed by atoms with Gasteiger partial charge in [-0.25, -0.2) is 4.98 Å². The first-order valence-electron chi connectivity index (χ1n) is 11.8. The van der Waals surface area contributed by atoms with Gasteiger partial charge in [0.1, 0.15) is 11.9 Å². The Hall–Kier alpha value is -4.51. The van der Waals surface area contributed by atoms with Gasteiger partial charge in [-0.1, -0.05) is 65.5 Å². The summed E-state index contributed by atoms with van der Waals surface area (Å²) in [6, 6.07) is 36.4. The van der Waals surface area contributed by atoms with Gasteiger partial charge in [0, 0.05) is 61.5 Å². The molecule has 3 aromatic heterocycles. The summed E-state index contributed by atoms with van der Waals surface area (Å²) in [6.45, 7) is 0. The summed E-state index contributed by atoms with van der Waals surface area (Å²) in [5.41, 5.74) is 7.42. The number of hydrogen-bond donors (Lipinski definition) is 0. The third-order valence-electron chi connectivity index (χ3n) is 5.93. The molecule has 0 saturated carbocycles. The SMILES string of the molecule is [Ir].[c-]1ccc2c(oc3c(-c4ccccc4)cccc32)c1-c1ccncn1.[c-]1ccccc1-c1cnccn1. The fourth-order valence-electron chi connectivity index (χ4n) is 4.23. The van der Waals surface area contributed by atoms with Crippen molar-refractivity contribution in [1.29, 1.82) is 0 Å². The number of fused-ring (bicyclic) bond motifs is 3. The molecule has 0 saturated heterocycles. The van der Waals surface area contributed by atoms with E-state index >= 15 is 0 Å². The summed E-state index contributed by atoms with van der Waals surface area (Å²) in [7, 11) is 0. The maximum atomic E-state index is 6.33. The van der Waals surface area contributed by atoms with E-state index in [1.807, 2.05) is 60.7 Å². The molecule has 0 atom stereocenters. The summed E-state index contributed by atoms with van der Waals surface area (Å²) < 4.78 is 6.33. The van der Waals surface area contributed by atoms with E-state index in [1.165, 1.54) is 0 Å². The molecule has 7 aromatic rings. The van der Waals surface area contributed by atoms with Crippen molar-refractivity contribution in [2.75, 3.05) is 0 Å². The molecule has 0 amide bonds. The normalized spacial score (nSPS) is 10.4. The second-order valence-corrected chi connectivity index (χ2v) is 8.21. The number of aromatic nitrogens is 4. The number of furan rings is 1. The summed E-state index contributed by atoms with van der Waals surface area (Å²) in [6.07, 6.45) is 8.33. The zero-order valence-corrected chi connectivity index (χ0v) is 22.5. The molecule has 0 aliphatic carbocycles. The molecule has 0 aliphatic rings. The van der Waals surface area contributed by atoms with E-state index in [-0.39, 0.29) is 20.1 Å².